The molecular weight excluding hydrogens is 176 g/mol. The maximum Gasteiger partial charge on any atom is 0.0678 e. The molecule has 0 aromatic carbocycles. The van der Waals surface area contributed by atoms with Crippen molar-refractivity contribution in [2.75, 3.05) is 32.7 Å². The van der Waals surface area contributed by atoms with E-state index in [-0.39, 0.29) is 0 Å². The standard InChI is InChI=1S/C11H22N2O/c1-9-6-13(7-10(2)14-9)8-11-3-4-12-5-11/h9-12H,3-8H2,1-2H3/t9?,10?,11-/m0/s1. The van der Waals surface area contributed by atoms with Crippen molar-refractivity contribution in [2.45, 2.75) is 32.5 Å². The van der Waals surface area contributed by atoms with Gasteiger partial charge in [-0.1, -0.05) is 0 Å². The Hall–Kier alpha value is -0.120. The van der Waals surface area contributed by atoms with E-state index in [9.17, 15) is 0 Å². The van der Waals surface area contributed by atoms with Crippen LogP contribution in [-0.2, 0) is 4.74 Å². The van der Waals surface area contributed by atoms with Crippen molar-refractivity contribution >= 4 is 0 Å². The lowest BCUT2D eigenvalue weighted by Crippen LogP contribution is -2.47. The minimum Gasteiger partial charge on any atom is -0.373 e. The van der Waals surface area contributed by atoms with Crippen LogP contribution in [0.15, 0.2) is 0 Å². The molecule has 3 atom stereocenters. The molecule has 0 amide bonds. The van der Waals surface area contributed by atoms with Crippen molar-refractivity contribution in [2.24, 2.45) is 5.92 Å². The van der Waals surface area contributed by atoms with E-state index in [1.165, 1.54) is 26.1 Å². The lowest BCUT2D eigenvalue weighted by Gasteiger charge is -2.36. The molecule has 0 bridgehead atoms. The molecule has 0 saturated carbocycles. The van der Waals surface area contributed by atoms with Gasteiger partial charge in [-0.2, -0.15) is 0 Å². The second kappa shape index (κ2) is 4.60. The van der Waals surface area contributed by atoms with Gasteiger partial charge in [-0.15, -0.1) is 0 Å². The smallest absolute Gasteiger partial charge is 0.0678 e. The maximum atomic E-state index is 5.72. The summed E-state index contributed by atoms with van der Waals surface area (Å²) in [6.45, 7) is 10.2. The van der Waals surface area contributed by atoms with Gasteiger partial charge in [0.15, 0.2) is 0 Å². The van der Waals surface area contributed by atoms with Crippen LogP contribution in [0.2, 0.25) is 0 Å². The first kappa shape index (κ1) is 10.4. The minimum absolute atomic E-state index is 0.410. The summed E-state index contributed by atoms with van der Waals surface area (Å²) in [6.07, 6.45) is 2.17. The van der Waals surface area contributed by atoms with Crippen LogP contribution in [0.3, 0.4) is 0 Å². The fraction of sp³-hybridized carbons (Fsp3) is 1.00. The number of nitrogens with one attached hydrogen (secondary N) is 1. The van der Waals surface area contributed by atoms with Crippen molar-refractivity contribution in [1.82, 2.24) is 10.2 Å². The third-order valence-corrected chi connectivity index (χ3v) is 3.17. The predicted octanol–water partition coefficient (Wildman–Crippen LogP) is 0.705. The Labute approximate surface area is 86.8 Å². The van der Waals surface area contributed by atoms with Crippen molar-refractivity contribution in [3.63, 3.8) is 0 Å². The van der Waals surface area contributed by atoms with E-state index in [0.29, 0.717) is 12.2 Å². The highest BCUT2D eigenvalue weighted by atomic mass is 16.5. The van der Waals surface area contributed by atoms with Crippen LogP contribution in [0.4, 0.5) is 0 Å². The van der Waals surface area contributed by atoms with Gasteiger partial charge in [0.05, 0.1) is 12.2 Å². The Morgan fingerprint density at radius 2 is 2.00 bits per heavy atom. The Morgan fingerprint density at radius 3 is 2.57 bits per heavy atom. The van der Waals surface area contributed by atoms with Crippen molar-refractivity contribution in [3.05, 3.63) is 0 Å². The molecule has 2 aliphatic heterocycles. The van der Waals surface area contributed by atoms with Gasteiger partial charge in [0.25, 0.3) is 0 Å². The minimum atomic E-state index is 0.410. The third-order valence-electron chi connectivity index (χ3n) is 3.17. The Bertz CT molecular complexity index is 170. The molecule has 0 spiro atoms. The Kier molecular flexibility index (Phi) is 3.42. The van der Waals surface area contributed by atoms with Gasteiger partial charge in [-0.05, 0) is 39.3 Å². The summed E-state index contributed by atoms with van der Waals surface area (Å²) in [7, 11) is 0. The molecule has 0 aromatic heterocycles. The van der Waals surface area contributed by atoms with Crippen LogP contribution in [0.25, 0.3) is 0 Å². The van der Waals surface area contributed by atoms with Gasteiger partial charge in [0, 0.05) is 19.6 Å². The van der Waals surface area contributed by atoms with Gasteiger partial charge in [0.2, 0.25) is 0 Å². The van der Waals surface area contributed by atoms with E-state index in [4.69, 9.17) is 4.74 Å². The Balaban J connectivity index is 1.78. The third kappa shape index (κ3) is 2.69. The molecule has 82 valence electrons. The van der Waals surface area contributed by atoms with Crippen molar-refractivity contribution < 1.29 is 4.74 Å². The molecule has 2 unspecified atom stereocenters. The maximum absolute atomic E-state index is 5.72. The van der Waals surface area contributed by atoms with E-state index in [0.717, 1.165) is 19.0 Å². The summed E-state index contributed by atoms with van der Waals surface area (Å²) in [5, 5.41) is 3.43. The second-order valence-corrected chi connectivity index (χ2v) is 4.83. The molecule has 0 aromatic rings. The van der Waals surface area contributed by atoms with Gasteiger partial charge in [-0.3, -0.25) is 4.90 Å². The number of rotatable bonds is 2. The van der Waals surface area contributed by atoms with Crippen LogP contribution in [0.1, 0.15) is 20.3 Å². The van der Waals surface area contributed by atoms with E-state index < -0.39 is 0 Å². The molecule has 3 heteroatoms. The highest BCUT2D eigenvalue weighted by Gasteiger charge is 2.25. The molecule has 3 nitrogen and oxygen atoms in total. The molecule has 14 heavy (non-hydrogen) atoms. The highest BCUT2D eigenvalue weighted by Crippen LogP contribution is 2.15. The lowest BCUT2D eigenvalue weighted by molar-refractivity contribution is -0.0708. The molecular formula is C11H22N2O. The number of ether oxygens (including phenoxy) is 1. The van der Waals surface area contributed by atoms with Crippen LogP contribution in [0, 0.1) is 5.92 Å². The van der Waals surface area contributed by atoms with Crippen LogP contribution in [0.5, 0.6) is 0 Å². The molecule has 2 heterocycles. The quantitative estimate of drug-likeness (QED) is 0.707. The fourth-order valence-electron chi connectivity index (χ4n) is 2.67. The summed E-state index contributed by atoms with van der Waals surface area (Å²) in [5.74, 6) is 0.868. The van der Waals surface area contributed by atoms with Gasteiger partial charge >= 0.3 is 0 Å². The van der Waals surface area contributed by atoms with Crippen LogP contribution in [-0.4, -0.2) is 49.8 Å². The molecule has 0 radical (unpaired) electrons. The zero-order valence-electron chi connectivity index (χ0n) is 9.33. The molecule has 2 rings (SSSR count). The Morgan fingerprint density at radius 1 is 1.29 bits per heavy atom. The SMILES string of the molecule is CC1CN(C[C@H]2CCNC2)CC(C)O1. The van der Waals surface area contributed by atoms with Gasteiger partial charge in [-0.25, -0.2) is 0 Å². The average molecular weight is 198 g/mol. The zero-order valence-corrected chi connectivity index (χ0v) is 9.33. The van der Waals surface area contributed by atoms with Crippen LogP contribution < -0.4 is 5.32 Å². The predicted molar refractivity (Wildman–Crippen MR) is 57.4 cm³/mol. The molecule has 2 aliphatic rings. The number of nitrogens with zero attached hydrogens (tertiary/aromatic N) is 1. The molecule has 1 N–H and O–H groups in total. The summed E-state index contributed by atoms with van der Waals surface area (Å²) in [5.41, 5.74) is 0. The summed E-state index contributed by atoms with van der Waals surface area (Å²) in [4.78, 5) is 2.57. The lowest BCUT2D eigenvalue weighted by atomic mass is 10.1. The normalized spacial score (nSPS) is 40.3. The monoisotopic (exact) mass is 198 g/mol. The largest absolute Gasteiger partial charge is 0.373 e. The van der Waals surface area contributed by atoms with Crippen molar-refractivity contribution in [1.29, 1.82) is 0 Å². The topological polar surface area (TPSA) is 24.5 Å². The zero-order chi connectivity index (χ0) is 9.97. The summed E-state index contributed by atoms with van der Waals surface area (Å²) in [6, 6.07) is 0. The number of hydrogen-bond donors (Lipinski definition) is 1. The first-order valence-corrected chi connectivity index (χ1v) is 5.82. The second-order valence-electron chi connectivity index (χ2n) is 4.83. The first-order valence-electron chi connectivity index (χ1n) is 5.82. The number of morpholine rings is 1. The van der Waals surface area contributed by atoms with Crippen LogP contribution >= 0.6 is 0 Å². The van der Waals surface area contributed by atoms with Gasteiger partial charge in [0.1, 0.15) is 0 Å². The van der Waals surface area contributed by atoms with E-state index >= 15 is 0 Å². The van der Waals surface area contributed by atoms with Gasteiger partial charge < -0.3 is 10.1 Å². The van der Waals surface area contributed by atoms with Crippen molar-refractivity contribution in [3.8, 4) is 0 Å². The molecule has 2 saturated heterocycles. The van der Waals surface area contributed by atoms with E-state index in [1.807, 2.05) is 0 Å². The summed E-state index contributed by atoms with van der Waals surface area (Å²) >= 11 is 0. The first-order chi connectivity index (χ1) is 6.74. The van der Waals surface area contributed by atoms with E-state index in [1.54, 1.807) is 0 Å². The highest BCUT2D eigenvalue weighted by molar-refractivity contribution is 4.79. The summed E-state index contributed by atoms with van der Waals surface area (Å²) < 4.78 is 5.72. The molecule has 2 fully saturated rings. The average Bonchev–Trinajstić information content (AvgIpc) is 2.54. The van der Waals surface area contributed by atoms with E-state index in [2.05, 4.69) is 24.1 Å². The fourth-order valence-corrected chi connectivity index (χ4v) is 2.67. The number of hydrogen-bond acceptors (Lipinski definition) is 3. The molecule has 0 aliphatic carbocycles.